The van der Waals surface area contributed by atoms with Crippen molar-refractivity contribution in [2.45, 2.75) is 13.3 Å². The molecule has 6 heteroatoms. The summed E-state index contributed by atoms with van der Waals surface area (Å²) in [7, 11) is 0. The monoisotopic (exact) mass is 386 g/mol. The number of rotatable bonds is 3. The Kier molecular flexibility index (Phi) is 4.06. The van der Waals surface area contributed by atoms with Gasteiger partial charge in [-0.25, -0.2) is 0 Å². The first-order chi connectivity index (χ1) is 13.7. The number of nitrogens with zero attached hydrogens (tertiary/aromatic N) is 3. The van der Waals surface area contributed by atoms with E-state index in [0.717, 1.165) is 50.8 Å². The zero-order valence-electron chi connectivity index (χ0n) is 15.3. The number of thiophene rings is 1. The van der Waals surface area contributed by atoms with Gasteiger partial charge in [-0.05, 0) is 54.4 Å². The third-order valence-corrected chi connectivity index (χ3v) is 6.14. The summed E-state index contributed by atoms with van der Waals surface area (Å²) in [5.74, 6) is 0.0935. The highest BCUT2D eigenvalue weighted by molar-refractivity contribution is 7.22. The Hall–Kier alpha value is -3.25. The van der Waals surface area contributed by atoms with Crippen molar-refractivity contribution in [1.29, 1.82) is 0 Å². The van der Waals surface area contributed by atoms with Gasteiger partial charge in [0.1, 0.15) is 0 Å². The van der Waals surface area contributed by atoms with E-state index in [9.17, 15) is 4.79 Å². The number of aromatic nitrogens is 2. The Morgan fingerprint density at radius 1 is 1.11 bits per heavy atom. The number of fused-ring (bicyclic) bond motifs is 2. The summed E-state index contributed by atoms with van der Waals surface area (Å²) < 4.78 is 1.11. The largest absolute Gasteiger partial charge is 0.354 e. The molecule has 3 aromatic heterocycles. The van der Waals surface area contributed by atoms with E-state index in [-0.39, 0.29) is 5.91 Å². The fourth-order valence-electron chi connectivity index (χ4n) is 3.63. The quantitative estimate of drug-likeness (QED) is 0.538. The second-order valence-corrected chi connectivity index (χ2v) is 7.84. The van der Waals surface area contributed by atoms with Crippen molar-refractivity contribution >= 4 is 44.5 Å². The van der Waals surface area contributed by atoms with Crippen molar-refractivity contribution in [2.24, 2.45) is 0 Å². The van der Waals surface area contributed by atoms with Gasteiger partial charge < -0.3 is 10.2 Å². The van der Waals surface area contributed by atoms with Crippen molar-refractivity contribution in [3.8, 4) is 10.6 Å². The lowest BCUT2D eigenvalue weighted by Crippen LogP contribution is -2.25. The van der Waals surface area contributed by atoms with Crippen LogP contribution in [0.3, 0.4) is 0 Å². The molecule has 0 bridgehead atoms. The molecule has 1 N–H and O–H groups in total. The molecule has 0 spiro atoms. The fraction of sp³-hybridized carbons (Fsp3) is 0.136. The van der Waals surface area contributed by atoms with Crippen LogP contribution in [0.4, 0.5) is 17.1 Å². The molecule has 0 unspecified atom stereocenters. The first-order valence-electron chi connectivity index (χ1n) is 9.17. The van der Waals surface area contributed by atoms with Crippen LogP contribution in [0, 0.1) is 0 Å². The molecular formula is C22H18N4OS. The van der Waals surface area contributed by atoms with Crippen LogP contribution < -0.4 is 10.2 Å². The van der Waals surface area contributed by atoms with Gasteiger partial charge >= 0.3 is 0 Å². The minimum atomic E-state index is 0.0935. The van der Waals surface area contributed by atoms with E-state index in [1.165, 1.54) is 5.56 Å². The van der Waals surface area contributed by atoms with E-state index < -0.39 is 0 Å². The molecule has 1 aliphatic heterocycles. The van der Waals surface area contributed by atoms with Gasteiger partial charge in [-0.1, -0.05) is 6.07 Å². The van der Waals surface area contributed by atoms with Gasteiger partial charge in [0, 0.05) is 37.2 Å². The summed E-state index contributed by atoms with van der Waals surface area (Å²) in [5, 5.41) is 3.53. The first-order valence-corrected chi connectivity index (χ1v) is 9.99. The summed E-state index contributed by atoms with van der Waals surface area (Å²) in [6.07, 6.45) is 4.52. The number of amides is 1. The van der Waals surface area contributed by atoms with Gasteiger partial charge in [0.05, 0.1) is 26.5 Å². The molecule has 138 valence electrons. The number of hydrogen-bond donors (Lipinski definition) is 1. The van der Waals surface area contributed by atoms with Crippen molar-refractivity contribution < 1.29 is 4.79 Å². The van der Waals surface area contributed by atoms with Crippen LogP contribution in [-0.2, 0) is 11.2 Å². The predicted molar refractivity (Wildman–Crippen MR) is 114 cm³/mol. The van der Waals surface area contributed by atoms with E-state index in [0.29, 0.717) is 0 Å². The zero-order chi connectivity index (χ0) is 19.1. The average molecular weight is 386 g/mol. The first kappa shape index (κ1) is 16.9. The Balaban J connectivity index is 1.49. The van der Waals surface area contributed by atoms with Crippen molar-refractivity contribution in [3.63, 3.8) is 0 Å². The standard InChI is InChI=1S/C22H18N4OS/c1-14(27)26-11-8-15-12-16(5-6-20(15)26)25-18-7-10-24-19-13-21(28-22(18)19)17-4-2-3-9-23-17/h2-7,9-10,12-13H,8,11H2,1H3,(H,24,25). The molecule has 1 aromatic carbocycles. The minimum Gasteiger partial charge on any atom is -0.354 e. The zero-order valence-corrected chi connectivity index (χ0v) is 16.2. The lowest BCUT2D eigenvalue weighted by atomic mass is 10.1. The van der Waals surface area contributed by atoms with Crippen molar-refractivity contribution in [1.82, 2.24) is 9.97 Å². The van der Waals surface area contributed by atoms with Crippen LogP contribution in [0.25, 0.3) is 20.8 Å². The van der Waals surface area contributed by atoms with Crippen LogP contribution in [0.15, 0.2) is 60.9 Å². The minimum absolute atomic E-state index is 0.0935. The second kappa shape index (κ2) is 6.73. The van der Waals surface area contributed by atoms with E-state index >= 15 is 0 Å². The maximum absolute atomic E-state index is 11.8. The molecule has 0 fully saturated rings. The fourth-order valence-corrected chi connectivity index (χ4v) is 4.69. The SMILES string of the molecule is CC(=O)N1CCc2cc(Nc3ccnc4cc(-c5ccccn5)sc34)ccc21. The van der Waals surface area contributed by atoms with Crippen LogP contribution in [0.5, 0.6) is 0 Å². The number of hydrogen-bond acceptors (Lipinski definition) is 5. The van der Waals surface area contributed by atoms with Crippen LogP contribution in [0.1, 0.15) is 12.5 Å². The molecule has 1 aliphatic rings. The van der Waals surface area contributed by atoms with Gasteiger partial charge in [-0.15, -0.1) is 11.3 Å². The van der Waals surface area contributed by atoms with Crippen molar-refractivity contribution in [2.75, 3.05) is 16.8 Å². The molecule has 0 atom stereocenters. The molecule has 5 rings (SSSR count). The molecular weight excluding hydrogens is 368 g/mol. The third kappa shape index (κ3) is 2.92. The Morgan fingerprint density at radius 2 is 2.04 bits per heavy atom. The Labute approximate surface area is 166 Å². The molecule has 5 nitrogen and oxygen atoms in total. The number of benzene rings is 1. The predicted octanol–water partition coefficient (Wildman–Crippen LogP) is 5.01. The lowest BCUT2D eigenvalue weighted by molar-refractivity contribution is -0.116. The Morgan fingerprint density at radius 3 is 2.86 bits per heavy atom. The third-order valence-electron chi connectivity index (χ3n) is 4.96. The number of nitrogens with one attached hydrogen (secondary N) is 1. The van der Waals surface area contributed by atoms with Gasteiger partial charge in [-0.3, -0.25) is 14.8 Å². The molecule has 4 heterocycles. The van der Waals surface area contributed by atoms with E-state index in [1.807, 2.05) is 47.5 Å². The van der Waals surface area contributed by atoms with Crippen LogP contribution in [-0.4, -0.2) is 22.4 Å². The molecule has 0 radical (unpaired) electrons. The molecule has 4 aromatic rings. The highest BCUT2D eigenvalue weighted by Gasteiger charge is 2.22. The number of anilines is 3. The van der Waals surface area contributed by atoms with E-state index in [2.05, 4.69) is 27.4 Å². The van der Waals surface area contributed by atoms with E-state index in [4.69, 9.17) is 0 Å². The number of carbonyl (C=O) groups excluding carboxylic acids is 1. The average Bonchev–Trinajstić information content (AvgIpc) is 3.33. The molecule has 0 saturated carbocycles. The molecule has 1 amide bonds. The summed E-state index contributed by atoms with van der Waals surface area (Å²) in [5.41, 5.74) is 6.18. The van der Waals surface area contributed by atoms with Gasteiger partial charge in [-0.2, -0.15) is 0 Å². The topological polar surface area (TPSA) is 58.1 Å². The molecule has 28 heavy (non-hydrogen) atoms. The maximum Gasteiger partial charge on any atom is 0.223 e. The van der Waals surface area contributed by atoms with Crippen LogP contribution in [0.2, 0.25) is 0 Å². The van der Waals surface area contributed by atoms with Gasteiger partial charge in [0.25, 0.3) is 0 Å². The summed E-state index contributed by atoms with van der Waals surface area (Å²) in [4.78, 5) is 23.6. The summed E-state index contributed by atoms with van der Waals surface area (Å²) in [6.45, 7) is 2.37. The second-order valence-electron chi connectivity index (χ2n) is 6.79. The Bertz CT molecular complexity index is 1190. The normalized spacial score (nSPS) is 13.0. The smallest absolute Gasteiger partial charge is 0.223 e. The summed E-state index contributed by atoms with van der Waals surface area (Å²) in [6, 6.07) is 16.2. The van der Waals surface area contributed by atoms with E-state index in [1.54, 1.807) is 24.5 Å². The lowest BCUT2D eigenvalue weighted by Gasteiger charge is -2.15. The molecule has 0 saturated heterocycles. The number of pyridine rings is 2. The summed E-state index contributed by atoms with van der Waals surface area (Å²) >= 11 is 1.69. The van der Waals surface area contributed by atoms with Gasteiger partial charge in [0.15, 0.2) is 0 Å². The number of carbonyl (C=O) groups is 1. The maximum atomic E-state index is 11.8. The highest BCUT2D eigenvalue weighted by Crippen LogP contribution is 2.38. The molecule has 0 aliphatic carbocycles. The van der Waals surface area contributed by atoms with Crippen molar-refractivity contribution in [3.05, 3.63) is 66.5 Å². The highest BCUT2D eigenvalue weighted by atomic mass is 32.1. The van der Waals surface area contributed by atoms with Gasteiger partial charge in [0.2, 0.25) is 5.91 Å². The van der Waals surface area contributed by atoms with Crippen LogP contribution >= 0.6 is 11.3 Å².